The molecule has 1 aliphatic heterocycles. The van der Waals surface area contributed by atoms with Crippen LogP contribution in [0.2, 0.25) is 0 Å². The fraction of sp³-hybridized carbons (Fsp3) is 0.444. The number of hydrogen-bond donors (Lipinski definition) is 4. The van der Waals surface area contributed by atoms with Crippen molar-refractivity contribution in [3.63, 3.8) is 0 Å². The van der Waals surface area contributed by atoms with Gasteiger partial charge in [0.05, 0.1) is 6.61 Å². The Hall–Kier alpha value is -5.00. The zero-order chi connectivity index (χ0) is 34.6. The van der Waals surface area contributed by atoms with Crippen molar-refractivity contribution in [3.8, 4) is 0 Å². The molecule has 4 N–H and O–H groups in total. The van der Waals surface area contributed by atoms with Crippen LogP contribution < -0.4 is 21.3 Å². The Morgan fingerprint density at radius 2 is 1.79 bits per heavy atom. The lowest BCUT2D eigenvalue weighted by molar-refractivity contribution is -0.137. The summed E-state index contributed by atoms with van der Waals surface area (Å²) >= 11 is 0. The maximum absolute atomic E-state index is 14.0. The Morgan fingerprint density at radius 3 is 2.50 bits per heavy atom. The Kier molecular flexibility index (Phi) is 12.9. The number of amides is 4. The lowest BCUT2D eigenvalue weighted by Gasteiger charge is -2.28. The number of carbonyl (C=O) groups is 5. The van der Waals surface area contributed by atoms with Gasteiger partial charge in [-0.3, -0.25) is 19.2 Å². The number of carbonyl (C=O) groups excluding carboxylic acids is 5. The molecule has 1 unspecified atom stereocenters. The molecule has 1 saturated heterocycles. The van der Waals surface area contributed by atoms with E-state index >= 15 is 0 Å². The molecule has 3 aromatic rings. The molecule has 4 atom stereocenters. The van der Waals surface area contributed by atoms with Gasteiger partial charge >= 0.3 is 5.97 Å². The van der Waals surface area contributed by atoms with E-state index in [9.17, 15) is 24.0 Å². The average Bonchev–Trinajstić information content (AvgIpc) is 3.50. The number of esters is 1. The summed E-state index contributed by atoms with van der Waals surface area (Å²) in [4.78, 5) is 65.7. The molecular formula is C36H45N5O7. The number of aromatic nitrogens is 1. The molecule has 0 radical (unpaired) electrons. The summed E-state index contributed by atoms with van der Waals surface area (Å²) in [5.41, 5.74) is 0.868. The monoisotopic (exact) mass is 659 g/mol. The van der Waals surface area contributed by atoms with Gasteiger partial charge in [0.25, 0.3) is 5.91 Å². The zero-order valence-corrected chi connectivity index (χ0v) is 27.9. The first-order valence-corrected chi connectivity index (χ1v) is 16.5. The van der Waals surface area contributed by atoms with Crippen LogP contribution in [0.5, 0.6) is 0 Å². The second kappa shape index (κ2) is 17.2. The standard InChI is InChI=1S/C36H45N5O7/c1-5-47-32(42)16-15-27(20-26-13-9-17-37-33(26)43)38-34(44)29(18-22(2)3)39-35(45)30(40-36(46)31-19-23(4)48-41-31)21-25-12-8-11-24-10-6-7-14-28(24)25/h6-8,10-12,14-16,19,22,26-27,29-30H,5,9,13,17-18,20-21H2,1-4H3,(H,37,43)(H,38,44)(H,39,45)(H,40,46)/b16-15+/t26-,27+,29-,30?/m0/s1. The summed E-state index contributed by atoms with van der Waals surface area (Å²) in [7, 11) is 0. The summed E-state index contributed by atoms with van der Waals surface area (Å²) in [6, 6.07) is 12.3. The van der Waals surface area contributed by atoms with Crippen molar-refractivity contribution in [2.75, 3.05) is 13.2 Å². The van der Waals surface area contributed by atoms with Gasteiger partial charge in [0, 0.05) is 37.1 Å². The number of piperidine rings is 1. The Labute approximate surface area is 280 Å². The van der Waals surface area contributed by atoms with Crippen molar-refractivity contribution in [3.05, 3.63) is 77.7 Å². The van der Waals surface area contributed by atoms with E-state index in [1.807, 2.05) is 56.3 Å². The molecule has 12 heteroatoms. The van der Waals surface area contributed by atoms with Gasteiger partial charge < -0.3 is 30.5 Å². The molecule has 256 valence electrons. The zero-order valence-electron chi connectivity index (χ0n) is 27.9. The minimum atomic E-state index is -1.06. The molecule has 2 heterocycles. The predicted molar refractivity (Wildman–Crippen MR) is 180 cm³/mol. The first kappa shape index (κ1) is 35.8. The summed E-state index contributed by atoms with van der Waals surface area (Å²) in [5, 5.41) is 17.2. The summed E-state index contributed by atoms with van der Waals surface area (Å²) in [6.07, 6.45) is 4.94. The Morgan fingerprint density at radius 1 is 1.04 bits per heavy atom. The lowest BCUT2D eigenvalue weighted by atomic mass is 9.91. The van der Waals surface area contributed by atoms with Crippen LogP contribution in [-0.4, -0.2) is 66.0 Å². The molecule has 12 nitrogen and oxygen atoms in total. The number of benzene rings is 2. The molecule has 48 heavy (non-hydrogen) atoms. The maximum atomic E-state index is 14.0. The van der Waals surface area contributed by atoms with Crippen LogP contribution in [0.3, 0.4) is 0 Å². The predicted octanol–water partition coefficient (Wildman–Crippen LogP) is 3.53. The van der Waals surface area contributed by atoms with Crippen molar-refractivity contribution >= 4 is 40.4 Å². The molecule has 4 amide bonds. The van der Waals surface area contributed by atoms with Crippen LogP contribution in [0.25, 0.3) is 10.8 Å². The molecule has 0 aliphatic carbocycles. The highest BCUT2D eigenvalue weighted by molar-refractivity contribution is 5.98. The third kappa shape index (κ3) is 10.2. The van der Waals surface area contributed by atoms with E-state index < -0.39 is 41.8 Å². The SMILES string of the molecule is CCOC(=O)/C=C/[C@H](C[C@@H]1CCCNC1=O)NC(=O)[C@H](CC(C)C)NC(=O)C(Cc1cccc2ccccc12)NC(=O)c1cc(C)on1. The number of rotatable bonds is 15. The number of aryl methyl sites for hydroxylation is 1. The van der Waals surface area contributed by atoms with E-state index in [1.165, 1.54) is 18.2 Å². The molecule has 1 aromatic heterocycles. The van der Waals surface area contributed by atoms with E-state index in [4.69, 9.17) is 9.26 Å². The second-order valence-corrected chi connectivity index (χ2v) is 12.5. The summed E-state index contributed by atoms with van der Waals surface area (Å²) in [6.45, 7) is 8.01. The number of nitrogens with zero attached hydrogens (tertiary/aromatic N) is 1. The van der Waals surface area contributed by atoms with Crippen molar-refractivity contribution in [1.29, 1.82) is 0 Å². The molecule has 1 aliphatic rings. The first-order valence-electron chi connectivity index (χ1n) is 16.5. The van der Waals surface area contributed by atoms with Gasteiger partial charge in [-0.1, -0.05) is 67.5 Å². The van der Waals surface area contributed by atoms with Gasteiger partial charge in [0.15, 0.2) is 5.69 Å². The van der Waals surface area contributed by atoms with Crippen LogP contribution in [-0.2, 0) is 30.3 Å². The second-order valence-electron chi connectivity index (χ2n) is 12.5. The lowest BCUT2D eigenvalue weighted by Crippen LogP contribution is -2.56. The smallest absolute Gasteiger partial charge is 0.330 e. The van der Waals surface area contributed by atoms with Crippen LogP contribution >= 0.6 is 0 Å². The van der Waals surface area contributed by atoms with Gasteiger partial charge in [-0.15, -0.1) is 0 Å². The first-order chi connectivity index (χ1) is 23.0. The van der Waals surface area contributed by atoms with Crippen molar-refractivity contribution in [2.45, 2.75) is 77.9 Å². The Balaban J connectivity index is 1.57. The van der Waals surface area contributed by atoms with Crippen LogP contribution in [0.1, 0.15) is 68.3 Å². The molecule has 1 fully saturated rings. The fourth-order valence-electron chi connectivity index (χ4n) is 5.80. The third-order valence-corrected chi connectivity index (χ3v) is 8.14. The van der Waals surface area contributed by atoms with Gasteiger partial charge in [0.1, 0.15) is 17.8 Å². The largest absolute Gasteiger partial charge is 0.463 e. The minimum absolute atomic E-state index is 0.0166. The van der Waals surface area contributed by atoms with Gasteiger partial charge in [0.2, 0.25) is 17.7 Å². The topological polar surface area (TPSA) is 169 Å². The number of nitrogens with one attached hydrogen (secondary N) is 4. The van der Waals surface area contributed by atoms with Crippen LogP contribution in [0, 0.1) is 18.8 Å². The van der Waals surface area contributed by atoms with Crippen molar-refractivity contribution in [1.82, 2.24) is 26.4 Å². The number of fused-ring (bicyclic) bond motifs is 1. The normalized spacial score (nSPS) is 16.6. The highest BCUT2D eigenvalue weighted by atomic mass is 16.5. The quantitative estimate of drug-likeness (QED) is 0.142. The number of ether oxygens (including phenoxy) is 1. The molecule has 4 rings (SSSR count). The Bertz CT molecular complexity index is 1630. The molecule has 0 spiro atoms. The molecular weight excluding hydrogens is 614 g/mol. The molecule has 0 saturated carbocycles. The van der Waals surface area contributed by atoms with Gasteiger partial charge in [-0.05, 0) is 61.8 Å². The van der Waals surface area contributed by atoms with Crippen LogP contribution in [0.15, 0.2) is 65.2 Å². The van der Waals surface area contributed by atoms with Crippen LogP contribution in [0.4, 0.5) is 0 Å². The third-order valence-electron chi connectivity index (χ3n) is 8.14. The van der Waals surface area contributed by atoms with Gasteiger partial charge in [-0.25, -0.2) is 4.79 Å². The highest BCUT2D eigenvalue weighted by Gasteiger charge is 2.31. The number of hydrogen-bond acceptors (Lipinski definition) is 8. The maximum Gasteiger partial charge on any atom is 0.330 e. The molecule has 0 bridgehead atoms. The fourth-order valence-corrected chi connectivity index (χ4v) is 5.80. The van der Waals surface area contributed by atoms with Crippen molar-refractivity contribution in [2.24, 2.45) is 11.8 Å². The van der Waals surface area contributed by atoms with Gasteiger partial charge in [-0.2, -0.15) is 0 Å². The summed E-state index contributed by atoms with van der Waals surface area (Å²) < 4.78 is 10.1. The van der Waals surface area contributed by atoms with Crippen molar-refractivity contribution < 1.29 is 33.2 Å². The highest BCUT2D eigenvalue weighted by Crippen LogP contribution is 2.21. The average molecular weight is 660 g/mol. The van der Waals surface area contributed by atoms with E-state index in [0.717, 1.165) is 22.8 Å². The minimum Gasteiger partial charge on any atom is -0.463 e. The van der Waals surface area contributed by atoms with E-state index in [0.29, 0.717) is 25.1 Å². The summed E-state index contributed by atoms with van der Waals surface area (Å²) in [5.74, 6) is -2.18. The van der Waals surface area contributed by atoms with E-state index in [1.54, 1.807) is 13.8 Å². The molecule has 2 aromatic carbocycles. The van der Waals surface area contributed by atoms with E-state index in [-0.39, 0.29) is 42.9 Å². The van der Waals surface area contributed by atoms with E-state index in [2.05, 4.69) is 26.4 Å².